The van der Waals surface area contributed by atoms with E-state index in [4.69, 9.17) is 0 Å². The van der Waals surface area contributed by atoms with Crippen LogP contribution in [-0.2, 0) is 21.1 Å². The topological polar surface area (TPSA) is 67.3 Å². The Morgan fingerprint density at radius 1 is 1.27 bits per heavy atom. The highest BCUT2D eigenvalue weighted by molar-refractivity contribution is 7.91. The number of hydrogen-bond acceptors (Lipinski definition) is 4. The van der Waals surface area contributed by atoms with Crippen LogP contribution in [0.1, 0.15) is 23.6 Å². The number of likely N-dealkylation sites (N-methyl/N-ethyl adjacent to an activating group) is 1. The van der Waals surface area contributed by atoms with Gasteiger partial charge in [0.05, 0.1) is 17.4 Å². The van der Waals surface area contributed by atoms with Crippen LogP contribution in [-0.4, -0.2) is 48.8 Å². The van der Waals surface area contributed by atoms with E-state index in [1.54, 1.807) is 31.4 Å². The summed E-state index contributed by atoms with van der Waals surface area (Å²) in [7, 11) is -1.44. The van der Waals surface area contributed by atoms with Crippen LogP contribution in [0.25, 0.3) is 0 Å². The predicted molar refractivity (Wildman–Crippen MR) is 96.9 cm³/mol. The number of carbonyl (C=O) groups excluding carboxylic acids is 1. The summed E-state index contributed by atoms with van der Waals surface area (Å²) < 4.78 is 36.8. The first-order chi connectivity index (χ1) is 12.4. The van der Waals surface area contributed by atoms with Gasteiger partial charge in [0.25, 0.3) is 0 Å². The van der Waals surface area contributed by atoms with Gasteiger partial charge in [-0.3, -0.25) is 9.78 Å². The molecule has 1 aromatic carbocycles. The first-order valence-electron chi connectivity index (χ1n) is 8.48. The van der Waals surface area contributed by atoms with Crippen LogP contribution in [0.3, 0.4) is 0 Å². The fraction of sp³-hybridized carbons (Fsp3) is 0.368. The van der Waals surface area contributed by atoms with Crippen molar-refractivity contribution in [3.05, 3.63) is 65.7 Å². The van der Waals surface area contributed by atoms with E-state index in [-0.39, 0.29) is 29.3 Å². The van der Waals surface area contributed by atoms with Gasteiger partial charge in [-0.05, 0) is 36.2 Å². The zero-order valence-electron chi connectivity index (χ0n) is 14.5. The first-order valence-corrected chi connectivity index (χ1v) is 10.3. The third-order valence-corrected chi connectivity index (χ3v) is 6.56. The second kappa shape index (κ2) is 7.53. The summed E-state index contributed by atoms with van der Waals surface area (Å²) in [5, 5.41) is 0. The molecule has 1 amide bonds. The molecule has 1 aliphatic heterocycles. The van der Waals surface area contributed by atoms with Crippen LogP contribution < -0.4 is 0 Å². The Balaban J connectivity index is 1.86. The molecule has 1 aliphatic rings. The van der Waals surface area contributed by atoms with Crippen LogP contribution in [0.5, 0.6) is 0 Å². The molecule has 1 saturated heterocycles. The highest BCUT2D eigenvalue weighted by Gasteiger charge is 2.35. The SMILES string of the molecule is CN(C(=O)C(Cc1ccccn1)c1ccc(F)cc1)C1CCS(=O)(=O)C1. The minimum atomic E-state index is -3.08. The maximum Gasteiger partial charge on any atom is 0.230 e. The second-order valence-electron chi connectivity index (χ2n) is 6.64. The summed E-state index contributed by atoms with van der Waals surface area (Å²) in [5.41, 5.74) is 1.44. The van der Waals surface area contributed by atoms with Crippen molar-refractivity contribution in [2.75, 3.05) is 18.6 Å². The van der Waals surface area contributed by atoms with Gasteiger partial charge in [0, 0.05) is 31.4 Å². The number of benzene rings is 1. The number of sulfone groups is 1. The Hall–Kier alpha value is -2.28. The molecule has 0 bridgehead atoms. The van der Waals surface area contributed by atoms with Crippen molar-refractivity contribution in [1.29, 1.82) is 0 Å². The lowest BCUT2D eigenvalue weighted by Crippen LogP contribution is -2.41. The molecule has 138 valence electrons. The fourth-order valence-corrected chi connectivity index (χ4v) is 5.05. The standard InChI is InChI=1S/C19H21FN2O3S/c1-22(17-9-11-26(24,25)13-17)19(23)18(12-16-4-2-3-10-21-16)14-5-7-15(20)8-6-14/h2-8,10,17-18H,9,11-13H2,1H3. The monoisotopic (exact) mass is 376 g/mol. The second-order valence-corrected chi connectivity index (χ2v) is 8.86. The smallest absolute Gasteiger partial charge is 0.230 e. The Labute approximate surface area is 152 Å². The molecule has 7 heteroatoms. The molecule has 1 aromatic heterocycles. The molecule has 0 N–H and O–H groups in total. The molecular weight excluding hydrogens is 355 g/mol. The zero-order valence-corrected chi connectivity index (χ0v) is 15.3. The predicted octanol–water partition coefficient (Wildman–Crippen LogP) is 2.19. The number of rotatable bonds is 5. The average molecular weight is 376 g/mol. The number of hydrogen-bond donors (Lipinski definition) is 0. The quantitative estimate of drug-likeness (QED) is 0.802. The molecular formula is C19H21FN2O3S. The number of carbonyl (C=O) groups is 1. The van der Waals surface area contributed by atoms with Crippen molar-refractivity contribution in [1.82, 2.24) is 9.88 Å². The molecule has 1 fully saturated rings. The molecule has 0 saturated carbocycles. The zero-order chi connectivity index (χ0) is 18.7. The lowest BCUT2D eigenvalue weighted by Gasteiger charge is -2.28. The van der Waals surface area contributed by atoms with E-state index in [1.807, 2.05) is 12.1 Å². The third kappa shape index (κ3) is 4.27. The van der Waals surface area contributed by atoms with E-state index < -0.39 is 15.8 Å². The highest BCUT2D eigenvalue weighted by atomic mass is 32.2. The Morgan fingerprint density at radius 3 is 2.58 bits per heavy atom. The fourth-order valence-electron chi connectivity index (χ4n) is 3.28. The minimum Gasteiger partial charge on any atom is -0.341 e. The summed E-state index contributed by atoms with van der Waals surface area (Å²) in [6.07, 6.45) is 2.48. The summed E-state index contributed by atoms with van der Waals surface area (Å²) in [4.78, 5) is 19.0. The van der Waals surface area contributed by atoms with Crippen molar-refractivity contribution in [2.24, 2.45) is 0 Å². The van der Waals surface area contributed by atoms with E-state index in [1.165, 1.54) is 17.0 Å². The van der Waals surface area contributed by atoms with Gasteiger partial charge < -0.3 is 4.90 Å². The van der Waals surface area contributed by atoms with Gasteiger partial charge in [-0.15, -0.1) is 0 Å². The summed E-state index contributed by atoms with van der Waals surface area (Å²) in [5.74, 6) is -0.984. The molecule has 2 unspecified atom stereocenters. The van der Waals surface area contributed by atoms with E-state index in [0.717, 1.165) is 5.69 Å². The van der Waals surface area contributed by atoms with E-state index in [0.29, 0.717) is 18.4 Å². The average Bonchev–Trinajstić information content (AvgIpc) is 3.00. The number of aromatic nitrogens is 1. The van der Waals surface area contributed by atoms with Crippen molar-refractivity contribution in [3.63, 3.8) is 0 Å². The van der Waals surface area contributed by atoms with E-state index >= 15 is 0 Å². The number of pyridine rings is 1. The maximum atomic E-state index is 13.3. The van der Waals surface area contributed by atoms with E-state index in [9.17, 15) is 17.6 Å². The van der Waals surface area contributed by atoms with Gasteiger partial charge in [-0.1, -0.05) is 18.2 Å². The van der Waals surface area contributed by atoms with Crippen LogP contribution in [0.2, 0.25) is 0 Å². The highest BCUT2D eigenvalue weighted by Crippen LogP contribution is 2.26. The van der Waals surface area contributed by atoms with Crippen molar-refractivity contribution >= 4 is 15.7 Å². The molecule has 0 spiro atoms. The lowest BCUT2D eigenvalue weighted by molar-refractivity contribution is -0.133. The molecule has 0 aliphatic carbocycles. The van der Waals surface area contributed by atoms with Crippen LogP contribution in [0, 0.1) is 5.82 Å². The van der Waals surface area contributed by atoms with E-state index in [2.05, 4.69) is 4.98 Å². The Kier molecular flexibility index (Phi) is 5.36. The van der Waals surface area contributed by atoms with Crippen molar-refractivity contribution in [3.8, 4) is 0 Å². The van der Waals surface area contributed by atoms with Gasteiger partial charge in [-0.25, -0.2) is 12.8 Å². The maximum absolute atomic E-state index is 13.3. The number of halogens is 1. The van der Waals surface area contributed by atoms with Gasteiger partial charge in [-0.2, -0.15) is 0 Å². The number of nitrogens with zero attached hydrogens (tertiary/aromatic N) is 2. The van der Waals surface area contributed by atoms with Crippen molar-refractivity contribution in [2.45, 2.75) is 24.8 Å². The minimum absolute atomic E-state index is 0.00500. The summed E-state index contributed by atoms with van der Waals surface area (Å²) >= 11 is 0. The molecule has 2 heterocycles. The molecule has 5 nitrogen and oxygen atoms in total. The van der Waals surface area contributed by atoms with Crippen LogP contribution in [0.4, 0.5) is 4.39 Å². The Bertz CT molecular complexity index is 869. The number of amides is 1. The third-order valence-electron chi connectivity index (χ3n) is 4.81. The van der Waals surface area contributed by atoms with Gasteiger partial charge in [0.2, 0.25) is 5.91 Å². The lowest BCUT2D eigenvalue weighted by atomic mass is 9.92. The molecule has 2 atom stereocenters. The molecule has 26 heavy (non-hydrogen) atoms. The molecule has 2 aromatic rings. The van der Waals surface area contributed by atoms with Crippen LogP contribution >= 0.6 is 0 Å². The Morgan fingerprint density at radius 2 is 2.00 bits per heavy atom. The van der Waals surface area contributed by atoms with Crippen LogP contribution in [0.15, 0.2) is 48.7 Å². The first kappa shape index (κ1) is 18.5. The summed E-state index contributed by atoms with van der Waals surface area (Å²) in [6, 6.07) is 11.0. The van der Waals surface area contributed by atoms with Gasteiger partial charge in [0.1, 0.15) is 5.82 Å². The van der Waals surface area contributed by atoms with Crippen molar-refractivity contribution < 1.29 is 17.6 Å². The summed E-state index contributed by atoms with van der Waals surface area (Å²) in [6.45, 7) is 0. The normalized spacial score (nSPS) is 19.8. The van der Waals surface area contributed by atoms with Gasteiger partial charge >= 0.3 is 0 Å². The molecule has 3 rings (SSSR count). The largest absolute Gasteiger partial charge is 0.341 e. The molecule has 0 radical (unpaired) electrons. The van der Waals surface area contributed by atoms with Gasteiger partial charge in [0.15, 0.2) is 9.84 Å².